The molecular weight excluding hydrogens is 435 g/mol. The predicted octanol–water partition coefficient (Wildman–Crippen LogP) is 3.99. The Kier molecular flexibility index (Phi) is 7.00. The van der Waals surface area contributed by atoms with E-state index in [0.29, 0.717) is 48.3 Å². The molecular formula is C23H26Cl2N4O2. The molecule has 2 aliphatic heterocycles. The Labute approximate surface area is 192 Å². The average Bonchev–Trinajstić information content (AvgIpc) is 3.29. The second-order valence-electron chi connectivity index (χ2n) is 7.98. The van der Waals surface area contributed by atoms with Gasteiger partial charge in [0, 0.05) is 55.7 Å². The minimum Gasteiger partial charge on any atom is -0.372 e. The van der Waals surface area contributed by atoms with Crippen molar-refractivity contribution >= 4 is 46.4 Å². The molecule has 0 aliphatic carbocycles. The van der Waals surface area contributed by atoms with Crippen molar-refractivity contribution < 1.29 is 9.59 Å². The first kappa shape index (κ1) is 21.9. The van der Waals surface area contributed by atoms with Gasteiger partial charge in [0.05, 0.1) is 17.1 Å². The van der Waals surface area contributed by atoms with E-state index in [1.807, 2.05) is 12.1 Å². The number of amides is 2. The fourth-order valence-corrected chi connectivity index (χ4v) is 4.57. The Hall–Kier alpha value is -2.28. The van der Waals surface area contributed by atoms with E-state index in [-0.39, 0.29) is 11.8 Å². The lowest BCUT2D eigenvalue weighted by Crippen LogP contribution is -2.50. The summed E-state index contributed by atoms with van der Waals surface area (Å²) in [5.74, 6) is -0.154. The zero-order valence-corrected chi connectivity index (χ0v) is 18.8. The summed E-state index contributed by atoms with van der Waals surface area (Å²) in [4.78, 5) is 31.4. The Morgan fingerprint density at radius 3 is 2.19 bits per heavy atom. The molecule has 1 N–H and O–H groups in total. The number of nitrogens with zero attached hydrogens (tertiary/aromatic N) is 3. The molecule has 0 spiro atoms. The van der Waals surface area contributed by atoms with Crippen molar-refractivity contribution in [2.45, 2.75) is 12.8 Å². The Bertz CT molecular complexity index is 937. The summed E-state index contributed by atoms with van der Waals surface area (Å²) in [5.41, 5.74) is 2.46. The van der Waals surface area contributed by atoms with Crippen LogP contribution in [0.1, 0.15) is 23.2 Å². The third kappa shape index (κ3) is 5.50. The quantitative estimate of drug-likeness (QED) is 0.732. The smallest absolute Gasteiger partial charge is 0.255 e. The van der Waals surface area contributed by atoms with Crippen LogP contribution in [0.5, 0.6) is 0 Å². The molecule has 2 saturated heterocycles. The van der Waals surface area contributed by atoms with Crippen LogP contribution >= 0.6 is 23.2 Å². The highest BCUT2D eigenvalue weighted by molar-refractivity contribution is 6.36. The highest BCUT2D eigenvalue weighted by Crippen LogP contribution is 2.23. The molecule has 0 aromatic heterocycles. The summed E-state index contributed by atoms with van der Waals surface area (Å²) in [7, 11) is 0. The van der Waals surface area contributed by atoms with Gasteiger partial charge in [-0.25, -0.2) is 0 Å². The second-order valence-corrected chi connectivity index (χ2v) is 8.83. The van der Waals surface area contributed by atoms with Crippen LogP contribution in [0.2, 0.25) is 10.0 Å². The number of anilines is 2. The monoisotopic (exact) mass is 460 g/mol. The van der Waals surface area contributed by atoms with Gasteiger partial charge in [0.25, 0.3) is 5.91 Å². The molecule has 6 nitrogen and oxygen atoms in total. The maximum atomic E-state index is 12.7. The van der Waals surface area contributed by atoms with E-state index in [9.17, 15) is 9.59 Å². The second kappa shape index (κ2) is 9.90. The van der Waals surface area contributed by atoms with E-state index in [1.165, 1.54) is 18.5 Å². The van der Waals surface area contributed by atoms with Crippen LogP contribution < -0.4 is 10.2 Å². The molecule has 0 radical (unpaired) electrons. The first-order chi connectivity index (χ1) is 15.0. The van der Waals surface area contributed by atoms with Crippen LogP contribution in [0.15, 0.2) is 42.5 Å². The van der Waals surface area contributed by atoms with E-state index >= 15 is 0 Å². The lowest BCUT2D eigenvalue weighted by molar-refractivity contribution is -0.117. The van der Waals surface area contributed by atoms with E-state index < -0.39 is 0 Å². The summed E-state index contributed by atoms with van der Waals surface area (Å²) in [6.07, 6.45) is 2.48. The molecule has 0 bridgehead atoms. The first-order valence-electron chi connectivity index (χ1n) is 10.6. The molecule has 2 amide bonds. The number of rotatable bonds is 5. The van der Waals surface area contributed by atoms with Gasteiger partial charge < -0.3 is 15.1 Å². The third-order valence-corrected chi connectivity index (χ3v) is 6.36. The van der Waals surface area contributed by atoms with Gasteiger partial charge in [-0.2, -0.15) is 0 Å². The van der Waals surface area contributed by atoms with Crippen molar-refractivity contribution in [2.75, 3.05) is 56.0 Å². The van der Waals surface area contributed by atoms with E-state index in [2.05, 4.69) is 27.2 Å². The maximum absolute atomic E-state index is 12.7. The van der Waals surface area contributed by atoms with Crippen molar-refractivity contribution in [3.8, 4) is 0 Å². The zero-order valence-electron chi connectivity index (χ0n) is 17.3. The highest BCUT2D eigenvalue weighted by Gasteiger charge is 2.24. The Balaban J connectivity index is 1.24. The van der Waals surface area contributed by atoms with Crippen molar-refractivity contribution in [2.24, 2.45) is 0 Å². The number of nitrogens with one attached hydrogen (secondary N) is 1. The number of hydrogen-bond acceptors (Lipinski definition) is 4. The van der Waals surface area contributed by atoms with Crippen LogP contribution in [0.4, 0.5) is 11.4 Å². The normalized spacial score (nSPS) is 17.1. The maximum Gasteiger partial charge on any atom is 0.255 e. The molecule has 2 fully saturated rings. The Morgan fingerprint density at radius 1 is 0.871 bits per heavy atom. The molecule has 2 aromatic rings. The molecule has 8 heteroatoms. The zero-order chi connectivity index (χ0) is 21.8. The molecule has 31 heavy (non-hydrogen) atoms. The van der Waals surface area contributed by atoms with Gasteiger partial charge in [-0.15, -0.1) is 0 Å². The van der Waals surface area contributed by atoms with Gasteiger partial charge in [0.1, 0.15) is 0 Å². The van der Waals surface area contributed by atoms with Gasteiger partial charge in [-0.05, 0) is 55.3 Å². The summed E-state index contributed by atoms with van der Waals surface area (Å²) < 4.78 is 0. The van der Waals surface area contributed by atoms with Crippen LogP contribution in [0, 0.1) is 0 Å². The van der Waals surface area contributed by atoms with Crippen LogP contribution in [0.25, 0.3) is 0 Å². The van der Waals surface area contributed by atoms with E-state index in [1.54, 1.807) is 23.1 Å². The van der Waals surface area contributed by atoms with E-state index in [4.69, 9.17) is 23.2 Å². The number of halogens is 2. The van der Waals surface area contributed by atoms with Crippen LogP contribution in [-0.4, -0.2) is 67.4 Å². The number of carbonyl (C=O) groups is 2. The van der Waals surface area contributed by atoms with Crippen molar-refractivity contribution in [1.82, 2.24) is 9.80 Å². The lowest BCUT2D eigenvalue weighted by Gasteiger charge is -2.34. The predicted molar refractivity (Wildman–Crippen MR) is 125 cm³/mol. The lowest BCUT2D eigenvalue weighted by atomic mass is 10.1. The summed E-state index contributed by atoms with van der Waals surface area (Å²) in [5, 5.41) is 3.83. The van der Waals surface area contributed by atoms with Crippen LogP contribution in [0.3, 0.4) is 0 Å². The summed E-state index contributed by atoms with van der Waals surface area (Å²) in [6.45, 7) is 4.88. The molecule has 0 atom stereocenters. The fourth-order valence-electron chi connectivity index (χ4n) is 4.08. The van der Waals surface area contributed by atoms with Gasteiger partial charge in [0.15, 0.2) is 0 Å². The third-order valence-electron chi connectivity index (χ3n) is 5.81. The molecule has 0 saturated carbocycles. The van der Waals surface area contributed by atoms with Gasteiger partial charge in [0.2, 0.25) is 5.91 Å². The standard InChI is InChI=1S/C23H26Cl2N4O2/c24-17-3-8-20(21(25)15-17)23(31)29-13-11-27(12-14-29)16-22(30)26-18-4-6-19(7-5-18)28-9-1-2-10-28/h3-8,15H,1-2,9-14,16H2,(H,26,30). The molecule has 0 unspecified atom stereocenters. The minimum absolute atomic E-state index is 0.0468. The number of piperazine rings is 1. The topological polar surface area (TPSA) is 55.9 Å². The van der Waals surface area contributed by atoms with Crippen molar-refractivity contribution in [3.63, 3.8) is 0 Å². The van der Waals surface area contributed by atoms with Crippen molar-refractivity contribution in [1.29, 1.82) is 0 Å². The Morgan fingerprint density at radius 2 is 1.55 bits per heavy atom. The number of hydrogen-bond donors (Lipinski definition) is 1. The minimum atomic E-state index is -0.108. The largest absolute Gasteiger partial charge is 0.372 e. The van der Waals surface area contributed by atoms with Crippen LogP contribution in [-0.2, 0) is 4.79 Å². The molecule has 4 rings (SSSR count). The van der Waals surface area contributed by atoms with Gasteiger partial charge in [-0.3, -0.25) is 14.5 Å². The summed E-state index contributed by atoms with van der Waals surface area (Å²) in [6, 6.07) is 12.9. The molecule has 164 valence electrons. The van der Waals surface area contributed by atoms with Gasteiger partial charge >= 0.3 is 0 Å². The number of benzene rings is 2. The summed E-state index contributed by atoms with van der Waals surface area (Å²) >= 11 is 12.1. The highest BCUT2D eigenvalue weighted by atomic mass is 35.5. The molecule has 2 aliphatic rings. The average molecular weight is 461 g/mol. The SMILES string of the molecule is O=C(CN1CCN(C(=O)c2ccc(Cl)cc2Cl)CC1)Nc1ccc(N2CCCC2)cc1. The first-order valence-corrected chi connectivity index (χ1v) is 11.4. The number of carbonyl (C=O) groups excluding carboxylic acids is 2. The molecule has 2 aromatic carbocycles. The van der Waals surface area contributed by atoms with Crippen molar-refractivity contribution in [3.05, 3.63) is 58.1 Å². The molecule has 2 heterocycles. The fraction of sp³-hybridized carbons (Fsp3) is 0.391. The van der Waals surface area contributed by atoms with Gasteiger partial charge in [-0.1, -0.05) is 23.2 Å². The van der Waals surface area contributed by atoms with E-state index in [0.717, 1.165) is 18.8 Å².